The Kier molecular flexibility index (Phi) is 4.83. The summed E-state index contributed by atoms with van der Waals surface area (Å²) in [7, 11) is -2.52. The number of rotatable bonds is 2. The van der Waals surface area contributed by atoms with Crippen molar-refractivity contribution in [1.29, 1.82) is 0 Å². The topological polar surface area (TPSA) is 25.8 Å². The highest BCUT2D eigenvalue weighted by atomic mass is 28.3. The van der Waals surface area contributed by atoms with Crippen LogP contribution in [0.2, 0.25) is 0 Å². The molecule has 0 fully saturated rings. The fraction of sp³-hybridized carbons (Fsp3) is 0.0244. The molecule has 0 radical (unpaired) electrons. The molecule has 1 aromatic heterocycles. The van der Waals surface area contributed by atoms with Gasteiger partial charge in [-0.05, 0) is 54.1 Å². The molecule has 0 bridgehead atoms. The quantitative estimate of drug-likeness (QED) is 0.214. The van der Waals surface area contributed by atoms with Gasteiger partial charge >= 0.3 is 0 Å². The molecular formula is C41H26N2Si. The van der Waals surface area contributed by atoms with Crippen LogP contribution < -0.4 is 20.7 Å². The average molecular weight is 575 g/mol. The van der Waals surface area contributed by atoms with Crippen molar-refractivity contribution in [3.8, 4) is 56.0 Å². The summed E-state index contributed by atoms with van der Waals surface area (Å²) in [6.07, 6.45) is 0.830. The lowest BCUT2D eigenvalue weighted by Crippen LogP contribution is -2.70. The molecule has 3 aliphatic rings. The van der Waals surface area contributed by atoms with Crippen molar-refractivity contribution in [1.82, 2.24) is 9.97 Å². The first kappa shape index (κ1) is 24.1. The molecule has 0 saturated carbocycles. The Hall–Kier alpha value is -5.38. The summed E-state index contributed by atoms with van der Waals surface area (Å²) < 4.78 is 0. The average Bonchev–Trinajstić information content (AvgIpc) is 3.72. The minimum atomic E-state index is -2.52. The molecule has 3 heteroatoms. The van der Waals surface area contributed by atoms with E-state index < -0.39 is 8.07 Å². The minimum Gasteiger partial charge on any atom is -0.232 e. The van der Waals surface area contributed by atoms with Crippen molar-refractivity contribution in [3.05, 3.63) is 157 Å². The van der Waals surface area contributed by atoms with Gasteiger partial charge in [-0.2, -0.15) is 0 Å². The van der Waals surface area contributed by atoms with Gasteiger partial charge in [0.05, 0.1) is 11.4 Å². The number of fused-ring (bicyclic) bond motifs is 13. The Labute approximate surface area is 257 Å². The van der Waals surface area contributed by atoms with Gasteiger partial charge in [0.1, 0.15) is 0 Å². The Bertz CT molecular complexity index is 2260. The maximum Gasteiger partial charge on any atom is 0.182 e. The molecule has 0 unspecified atom stereocenters. The lowest BCUT2D eigenvalue weighted by atomic mass is 10.00. The fourth-order valence-electron chi connectivity index (χ4n) is 8.18. The summed E-state index contributed by atoms with van der Waals surface area (Å²) >= 11 is 0. The van der Waals surface area contributed by atoms with Crippen LogP contribution in [0.15, 0.2) is 146 Å². The predicted octanol–water partition coefficient (Wildman–Crippen LogP) is 6.72. The van der Waals surface area contributed by atoms with Gasteiger partial charge in [-0.3, -0.25) is 0 Å². The summed E-state index contributed by atoms with van der Waals surface area (Å²) in [6.45, 7) is 0. The van der Waals surface area contributed by atoms with Gasteiger partial charge in [0.2, 0.25) is 0 Å². The standard InChI is InChI=1S/C41H26N2Si/c1-2-12-26(13-3-1)40-39-29-15-5-4-14-27(29)24-34(39)42-41(43-40)28-22-23-33-32-18-8-11-21-37(32)44(38(33)25-28)35-19-9-6-16-30(35)31-17-7-10-20-36(31)44/h1-23,25H,24H2. The minimum absolute atomic E-state index is 0.804. The highest BCUT2D eigenvalue weighted by Gasteiger charge is 2.53. The van der Waals surface area contributed by atoms with E-state index in [1.807, 2.05) is 0 Å². The van der Waals surface area contributed by atoms with Crippen molar-refractivity contribution >= 4 is 28.8 Å². The lowest BCUT2D eigenvalue weighted by Gasteiger charge is -2.28. The highest BCUT2D eigenvalue weighted by molar-refractivity contribution is 7.24. The number of aromatic nitrogens is 2. The molecule has 0 N–H and O–H groups in total. The van der Waals surface area contributed by atoms with Crippen molar-refractivity contribution < 1.29 is 0 Å². The molecule has 10 rings (SSSR count). The predicted molar refractivity (Wildman–Crippen MR) is 183 cm³/mol. The number of benzene rings is 6. The van der Waals surface area contributed by atoms with Gasteiger partial charge in [0.15, 0.2) is 13.9 Å². The zero-order valence-corrected chi connectivity index (χ0v) is 25.0. The van der Waals surface area contributed by atoms with Crippen molar-refractivity contribution in [2.75, 3.05) is 0 Å². The third-order valence-electron chi connectivity index (χ3n) is 9.93. The molecule has 1 aliphatic carbocycles. The van der Waals surface area contributed by atoms with Gasteiger partial charge in [-0.25, -0.2) is 9.97 Å². The van der Waals surface area contributed by atoms with Crippen LogP contribution in [0.1, 0.15) is 11.3 Å². The molecular weight excluding hydrogens is 549 g/mol. The Morgan fingerprint density at radius 2 is 0.977 bits per heavy atom. The van der Waals surface area contributed by atoms with Gasteiger partial charge < -0.3 is 0 Å². The molecule has 0 amide bonds. The molecule has 44 heavy (non-hydrogen) atoms. The molecule has 2 aliphatic heterocycles. The van der Waals surface area contributed by atoms with E-state index in [-0.39, 0.29) is 0 Å². The maximum atomic E-state index is 5.37. The van der Waals surface area contributed by atoms with E-state index >= 15 is 0 Å². The first-order valence-electron chi connectivity index (χ1n) is 15.3. The van der Waals surface area contributed by atoms with Gasteiger partial charge in [0.25, 0.3) is 0 Å². The van der Waals surface area contributed by atoms with E-state index in [9.17, 15) is 0 Å². The molecule has 2 nitrogen and oxygen atoms in total. The smallest absolute Gasteiger partial charge is 0.182 e. The van der Waals surface area contributed by atoms with Crippen LogP contribution in [0.4, 0.5) is 0 Å². The van der Waals surface area contributed by atoms with Crippen LogP contribution in [-0.2, 0) is 6.42 Å². The van der Waals surface area contributed by atoms with E-state index in [1.165, 1.54) is 59.7 Å². The summed E-state index contributed by atoms with van der Waals surface area (Å²) in [5, 5.41) is 5.90. The molecule has 6 aromatic carbocycles. The van der Waals surface area contributed by atoms with E-state index in [1.54, 1.807) is 0 Å². The lowest BCUT2D eigenvalue weighted by molar-refractivity contribution is 1.08. The van der Waals surface area contributed by atoms with E-state index in [0.29, 0.717) is 0 Å². The first-order valence-corrected chi connectivity index (χ1v) is 17.3. The Balaban J connectivity index is 1.25. The normalized spacial score (nSPS) is 14.0. The molecule has 0 saturated heterocycles. The fourth-order valence-corrected chi connectivity index (χ4v) is 13.8. The van der Waals surface area contributed by atoms with Crippen LogP contribution in [0.5, 0.6) is 0 Å². The van der Waals surface area contributed by atoms with Gasteiger partial charge in [0, 0.05) is 23.1 Å². The van der Waals surface area contributed by atoms with Crippen LogP contribution in [0.3, 0.4) is 0 Å². The zero-order valence-electron chi connectivity index (χ0n) is 24.0. The third-order valence-corrected chi connectivity index (χ3v) is 14.9. The van der Waals surface area contributed by atoms with Crippen LogP contribution in [0, 0.1) is 0 Å². The number of hydrogen-bond donors (Lipinski definition) is 0. The maximum absolute atomic E-state index is 5.37. The summed E-state index contributed by atoms with van der Waals surface area (Å²) in [5.41, 5.74) is 13.6. The summed E-state index contributed by atoms with van der Waals surface area (Å²) in [4.78, 5) is 10.7. The third kappa shape index (κ3) is 3.04. The van der Waals surface area contributed by atoms with Crippen molar-refractivity contribution in [2.45, 2.75) is 6.42 Å². The summed E-state index contributed by atoms with van der Waals surface area (Å²) in [5.74, 6) is 0.804. The Morgan fingerprint density at radius 3 is 1.64 bits per heavy atom. The Morgan fingerprint density at radius 1 is 0.432 bits per heavy atom. The van der Waals surface area contributed by atoms with E-state index in [0.717, 1.165) is 34.8 Å². The zero-order chi connectivity index (χ0) is 28.8. The molecule has 1 spiro atoms. The van der Waals surface area contributed by atoms with Gasteiger partial charge in [-0.1, -0.05) is 146 Å². The monoisotopic (exact) mass is 574 g/mol. The molecule has 7 aromatic rings. The highest BCUT2D eigenvalue weighted by Crippen LogP contribution is 2.43. The van der Waals surface area contributed by atoms with Crippen molar-refractivity contribution in [3.63, 3.8) is 0 Å². The van der Waals surface area contributed by atoms with Crippen LogP contribution in [0.25, 0.3) is 56.0 Å². The van der Waals surface area contributed by atoms with Gasteiger partial charge in [-0.15, -0.1) is 0 Å². The van der Waals surface area contributed by atoms with E-state index in [4.69, 9.17) is 9.97 Å². The van der Waals surface area contributed by atoms with Crippen molar-refractivity contribution in [2.24, 2.45) is 0 Å². The second-order valence-corrected chi connectivity index (χ2v) is 15.7. The summed E-state index contributed by atoms with van der Waals surface area (Å²) in [6, 6.07) is 53.6. The molecule has 3 heterocycles. The second kappa shape index (κ2) is 8.82. The number of hydrogen-bond acceptors (Lipinski definition) is 2. The van der Waals surface area contributed by atoms with Crippen LogP contribution >= 0.6 is 0 Å². The SMILES string of the molecule is c1ccc(-c2nc(-c3ccc4c(c3)[Si]3(c5ccccc5-c5ccccc53)c3ccccc3-4)nc3c2-c2ccccc2C3)cc1. The number of nitrogens with zero attached hydrogens (tertiary/aromatic N) is 2. The molecule has 0 atom stereocenters. The second-order valence-electron chi connectivity index (χ2n) is 12.1. The molecule has 204 valence electrons. The van der Waals surface area contributed by atoms with E-state index in [2.05, 4.69) is 146 Å². The van der Waals surface area contributed by atoms with Crippen LogP contribution in [-0.4, -0.2) is 18.0 Å². The first-order chi connectivity index (χ1) is 21.8. The largest absolute Gasteiger partial charge is 0.232 e.